The number of fused-ring (bicyclic) bond motifs is 1. The van der Waals surface area contributed by atoms with Crippen LogP contribution in [0.3, 0.4) is 0 Å². The lowest BCUT2D eigenvalue weighted by atomic mass is 9.98. The van der Waals surface area contributed by atoms with Crippen molar-refractivity contribution in [3.63, 3.8) is 0 Å². The third-order valence-corrected chi connectivity index (χ3v) is 6.05. The molecule has 218 valence electrons. The number of carbonyl (C=O) groups excluding carboxylic acids is 2. The number of hydrogen-bond acceptors (Lipinski definition) is 4. The highest BCUT2D eigenvalue weighted by atomic mass is 35.5. The molecule has 0 unspecified atom stereocenters. The zero-order valence-electron chi connectivity index (χ0n) is 21.2. The molecule has 1 N–H and O–H groups in total. The minimum atomic E-state index is -5.26. The Morgan fingerprint density at radius 3 is 2.21 bits per heavy atom. The Bertz CT molecular complexity index is 1130. The van der Waals surface area contributed by atoms with Gasteiger partial charge in [0.1, 0.15) is 6.54 Å². The maximum absolute atomic E-state index is 13.6. The van der Waals surface area contributed by atoms with Gasteiger partial charge in [-0.3, -0.25) is 14.5 Å². The first-order chi connectivity index (χ1) is 17.3. The van der Waals surface area contributed by atoms with Crippen molar-refractivity contribution >= 4 is 42.3 Å². The maximum Gasteiger partial charge on any atom is 0.471 e. The predicted molar refractivity (Wildman–Crippen MR) is 140 cm³/mol. The lowest BCUT2D eigenvalue weighted by Gasteiger charge is -2.32. The highest BCUT2D eigenvalue weighted by Gasteiger charge is 2.44. The molecular formula is C25H30Cl2F6N4O2. The van der Waals surface area contributed by atoms with Crippen LogP contribution >= 0.6 is 24.8 Å². The number of hydrogen-bond donors (Lipinski definition) is 1. The number of amides is 2. The van der Waals surface area contributed by atoms with Crippen LogP contribution in [0.1, 0.15) is 22.3 Å². The smallest absolute Gasteiger partial charge is 0.336 e. The van der Waals surface area contributed by atoms with Crippen molar-refractivity contribution in [3.05, 3.63) is 64.7 Å². The number of likely N-dealkylation sites (N-methyl/N-ethyl adjacent to an activating group) is 1. The summed E-state index contributed by atoms with van der Waals surface area (Å²) >= 11 is 0. The van der Waals surface area contributed by atoms with Crippen molar-refractivity contribution in [2.24, 2.45) is 0 Å². The van der Waals surface area contributed by atoms with Gasteiger partial charge in [0.2, 0.25) is 5.91 Å². The molecule has 1 aliphatic heterocycles. The van der Waals surface area contributed by atoms with Gasteiger partial charge in [-0.25, -0.2) is 0 Å². The molecule has 2 aromatic rings. The molecule has 0 spiro atoms. The summed E-state index contributed by atoms with van der Waals surface area (Å²) in [7, 11) is 3.38. The first-order valence-corrected chi connectivity index (χ1v) is 11.6. The van der Waals surface area contributed by atoms with Gasteiger partial charge in [0.25, 0.3) is 0 Å². The molecule has 0 atom stereocenters. The Morgan fingerprint density at radius 2 is 1.59 bits per heavy atom. The van der Waals surface area contributed by atoms with E-state index in [1.807, 2.05) is 0 Å². The SMILES string of the molecule is CN(C)CCN(Cc1ccccc1C(F)(F)F)C(=O)CN(C(=O)C(F)(F)F)c1cccc2c1CNCC2.Cl.Cl. The zero-order chi connectivity index (χ0) is 27.4. The summed E-state index contributed by atoms with van der Waals surface area (Å²) in [6, 6.07) is 9.31. The van der Waals surface area contributed by atoms with E-state index in [9.17, 15) is 35.9 Å². The van der Waals surface area contributed by atoms with Crippen LogP contribution in [0, 0.1) is 0 Å². The monoisotopic (exact) mass is 602 g/mol. The van der Waals surface area contributed by atoms with Crippen molar-refractivity contribution < 1.29 is 35.9 Å². The zero-order valence-corrected chi connectivity index (χ0v) is 22.9. The highest BCUT2D eigenvalue weighted by molar-refractivity contribution is 6.02. The Hall–Kier alpha value is -2.54. The summed E-state index contributed by atoms with van der Waals surface area (Å²) in [6.07, 6.45) is -9.40. The standard InChI is InChI=1S/C25H28F6N4O2.2ClH/c1-33(2)12-13-34(15-18-6-3-4-8-20(18)24(26,27)28)22(36)16-35(23(37)25(29,30)31)21-9-5-7-17-10-11-32-14-19(17)21;;/h3-9,32H,10-16H2,1-2H3;2*1H. The van der Waals surface area contributed by atoms with E-state index in [-0.39, 0.29) is 55.7 Å². The molecule has 0 saturated heterocycles. The molecule has 0 aromatic heterocycles. The Labute approximate surface area is 235 Å². The number of carbonyl (C=O) groups is 2. The summed E-state index contributed by atoms with van der Waals surface area (Å²) in [5.41, 5.74) is 0.0402. The van der Waals surface area contributed by atoms with Gasteiger partial charge in [-0.15, -0.1) is 24.8 Å². The first kappa shape index (κ1) is 34.5. The number of benzene rings is 2. The number of nitrogens with one attached hydrogen (secondary N) is 1. The van der Waals surface area contributed by atoms with Crippen molar-refractivity contribution in [1.29, 1.82) is 0 Å². The van der Waals surface area contributed by atoms with Gasteiger partial charge >= 0.3 is 18.3 Å². The van der Waals surface area contributed by atoms with Crippen LogP contribution in [0.2, 0.25) is 0 Å². The van der Waals surface area contributed by atoms with Crippen molar-refractivity contribution in [2.75, 3.05) is 45.2 Å². The van der Waals surface area contributed by atoms with Crippen LogP contribution in [-0.2, 0) is 35.3 Å². The van der Waals surface area contributed by atoms with E-state index in [1.165, 1.54) is 30.3 Å². The average Bonchev–Trinajstić information content (AvgIpc) is 2.83. The van der Waals surface area contributed by atoms with Gasteiger partial charge in [-0.1, -0.05) is 30.3 Å². The highest BCUT2D eigenvalue weighted by Crippen LogP contribution is 2.33. The van der Waals surface area contributed by atoms with Crippen molar-refractivity contribution in [1.82, 2.24) is 15.1 Å². The molecule has 0 saturated carbocycles. The minimum absolute atomic E-state index is 0. The number of anilines is 1. The van der Waals surface area contributed by atoms with E-state index in [0.29, 0.717) is 23.4 Å². The van der Waals surface area contributed by atoms with Crippen LogP contribution in [0.5, 0.6) is 0 Å². The molecule has 2 aromatic carbocycles. The first-order valence-electron chi connectivity index (χ1n) is 11.6. The molecule has 3 rings (SSSR count). The van der Waals surface area contributed by atoms with Gasteiger partial charge in [-0.05, 0) is 55.9 Å². The molecule has 14 heteroatoms. The predicted octanol–water partition coefficient (Wildman–Crippen LogP) is 4.68. The lowest BCUT2D eigenvalue weighted by Crippen LogP contribution is -2.49. The van der Waals surface area contributed by atoms with E-state index < -0.39 is 42.8 Å². The fourth-order valence-electron chi connectivity index (χ4n) is 4.16. The molecule has 1 heterocycles. The molecule has 0 bridgehead atoms. The second-order valence-corrected chi connectivity index (χ2v) is 9.00. The molecule has 0 fully saturated rings. The number of alkyl halides is 6. The van der Waals surface area contributed by atoms with Gasteiger partial charge < -0.3 is 15.1 Å². The minimum Gasteiger partial charge on any atom is -0.336 e. The summed E-state index contributed by atoms with van der Waals surface area (Å²) in [5, 5.41) is 3.05. The second kappa shape index (κ2) is 14.2. The van der Waals surface area contributed by atoms with E-state index in [0.717, 1.165) is 16.5 Å². The van der Waals surface area contributed by atoms with E-state index in [2.05, 4.69) is 5.32 Å². The van der Waals surface area contributed by atoms with Gasteiger partial charge in [-0.2, -0.15) is 26.3 Å². The third kappa shape index (κ3) is 8.99. The third-order valence-electron chi connectivity index (χ3n) is 6.05. The van der Waals surface area contributed by atoms with E-state index in [1.54, 1.807) is 25.1 Å². The average molecular weight is 603 g/mol. The molecule has 0 radical (unpaired) electrons. The largest absolute Gasteiger partial charge is 0.471 e. The molecule has 6 nitrogen and oxygen atoms in total. The molecule has 2 amide bonds. The van der Waals surface area contributed by atoms with Crippen molar-refractivity contribution in [3.8, 4) is 0 Å². The topological polar surface area (TPSA) is 55.9 Å². The lowest BCUT2D eigenvalue weighted by molar-refractivity contribution is -0.170. The van der Waals surface area contributed by atoms with Gasteiger partial charge in [0, 0.05) is 31.9 Å². The molecule has 39 heavy (non-hydrogen) atoms. The van der Waals surface area contributed by atoms with Crippen molar-refractivity contribution in [2.45, 2.75) is 31.9 Å². The number of rotatable bonds is 8. The van der Waals surface area contributed by atoms with E-state index >= 15 is 0 Å². The van der Waals surface area contributed by atoms with Crippen LogP contribution < -0.4 is 10.2 Å². The molecular weight excluding hydrogens is 573 g/mol. The van der Waals surface area contributed by atoms with E-state index in [4.69, 9.17) is 0 Å². The van der Waals surface area contributed by atoms with Gasteiger partial charge in [0.05, 0.1) is 5.56 Å². The summed E-state index contributed by atoms with van der Waals surface area (Å²) in [4.78, 5) is 28.9. The number of halogens is 8. The Morgan fingerprint density at radius 1 is 0.923 bits per heavy atom. The van der Waals surface area contributed by atoms with Crippen LogP contribution in [-0.4, -0.2) is 68.1 Å². The second-order valence-electron chi connectivity index (χ2n) is 9.00. The normalized spacial score (nSPS) is 13.2. The number of nitrogens with zero attached hydrogens (tertiary/aromatic N) is 3. The Balaban J connectivity index is 0.00000380. The fourth-order valence-corrected chi connectivity index (χ4v) is 4.16. The summed E-state index contributed by atoms with van der Waals surface area (Å²) in [5.74, 6) is -3.12. The summed E-state index contributed by atoms with van der Waals surface area (Å²) in [6.45, 7) is -0.441. The maximum atomic E-state index is 13.6. The van der Waals surface area contributed by atoms with Crippen LogP contribution in [0.25, 0.3) is 0 Å². The quantitative estimate of drug-likeness (QED) is 0.446. The summed E-state index contributed by atoms with van der Waals surface area (Å²) < 4.78 is 81.4. The molecule has 0 aliphatic carbocycles. The Kier molecular flexibility index (Phi) is 12.6. The molecule has 1 aliphatic rings. The van der Waals surface area contributed by atoms with Crippen LogP contribution in [0.15, 0.2) is 42.5 Å². The van der Waals surface area contributed by atoms with Gasteiger partial charge in [0.15, 0.2) is 0 Å². The fraction of sp³-hybridized carbons (Fsp3) is 0.440. The van der Waals surface area contributed by atoms with Crippen LogP contribution in [0.4, 0.5) is 32.0 Å².